The smallest absolute Gasteiger partial charge is 0.312 e. The molecule has 486 valence electrons. The van der Waals surface area contributed by atoms with E-state index in [9.17, 15) is 44.1 Å². The maximum Gasteiger partial charge on any atom is 0.312 e. The number of carbonyl (C=O) groups is 6. The number of ether oxygens (including phenoxy) is 2. The van der Waals surface area contributed by atoms with E-state index in [1.54, 1.807) is 13.8 Å². The Labute approximate surface area is 506 Å². The summed E-state index contributed by atoms with van der Waals surface area (Å²) < 4.78 is 10.9. The molecule has 0 radical (unpaired) electrons. The van der Waals surface area contributed by atoms with E-state index < -0.39 is 22.8 Å². The molecule has 0 spiro atoms. The molecule has 5 rings (SSSR count). The number of hydrogen-bond donors (Lipinski definition) is 5. The number of aliphatic carboxylic acids is 2. The average molecular weight is 1180 g/mol. The Kier molecular flexibility index (Phi) is 34.9. The summed E-state index contributed by atoms with van der Waals surface area (Å²) in [5.41, 5.74) is -1.95. The molecule has 0 heterocycles. The van der Waals surface area contributed by atoms with Gasteiger partial charge in [0.15, 0.2) is 0 Å². The van der Waals surface area contributed by atoms with E-state index in [0.717, 1.165) is 257 Å². The molecule has 5 aliphatic rings. The van der Waals surface area contributed by atoms with Crippen molar-refractivity contribution in [3.63, 3.8) is 0 Å². The molecule has 5 N–H and O–H groups in total. The summed E-state index contributed by atoms with van der Waals surface area (Å²) in [7, 11) is 0. The zero-order valence-electron chi connectivity index (χ0n) is 54.5. The van der Waals surface area contributed by atoms with Crippen LogP contribution in [0.5, 0.6) is 0 Å². The zero-order chi connectivity index (χ0) is 61.9. The third-order valence-electron chi connectivity index (χ3n) is 18.8. The SMILES string of the molecule is C.CC(=O)C(C)(C)CCCCCC(O)CCCCCC1(C(=O)O)CC1.CC(=O)C1(CCCCCC(O)CCCCCC2(C(=O)O)CC2)CC1.CCCC(O)CCCCCC1(C(=O)OC(C)(C)C)CC1.CCCCC1(C(=O)OC(C)(C)C)CC1. The van der Waals surface area contributed by atoms with Crippen molar-refractivity contribution in [2.45, 2.75) is 377 Å². The summed E-state index contributed by atoms with van der Waals surface area (Å²) in [4.78, 5) is 69.0. The van der Waals surface area contributed by atoms with E-state index in [4.69, 9.17) is 19.7 Å². The van der Waals surface area contributed by atoms with Crippen molar-refractivity contribution >= 4 is 35.4 Å². The van der Waals surface area contributed by atoms with Crippen LogP contribution in [0.1, 0.15) is 347 Å². The number of Topliss-reactive ketones (excluding diaryl/α,β-unsaturated/α-hetero) is 2. The Bertz CT molecular complexity index is 1750. The first kappa shape index (κ1) is 78.1. The standard InChI is InChI=1S/C20H34O4.C20H36O4.C17H32O3.C12H22O2.CH4/c1-16(21)19(12-13-19)10-6-2-4-8-17(22)9-5-3-7-11-20(14-15-20)18(23)24;1-16(21)19(2,3)12-8-4-6-10-17(22)11-7-5-9-13-20(14-15-20)18(23)24;1-5-9-14(18)10-7-6-8-11-17(12-13-17)15(19)20-16(2,3)4;1-5-6-7-12(8-9-12)10(13)14-11(2,3)4;/h17,22H,2-15H2,1H3,(H,23,24);17,22H,4-15H2,1-3H3,(H,23,24);14,18H,5-13H2,1-4H3;5-9H2,1-4H3;1H4. The number of carbonyl (C=O) groups excluding carboxylic acids is 4. The molecule has 5 fully saturated rings. The highest BCUT2D eigenvalue weighted by atomic mass is 16.6. The number of esters is 2. The van der Waals surface area contributed by atoms with Crippen LogP contribution in [-0.4, -0.2) is 90.5 Å². The van der Waals surface area contributed by atoms with Crippen molar-refractivity contribution in [3.05, 3.63) is 0 Å². The van der Waals surface area contributed by atoms with Gasteiger partial charge in [0.2, 0.25) is 0 Å². The van der Waals surface area contributed by atoms with Crippen molar-refractivity contribution in [2.24, 2.45) is 32.5 Å². The molecule has 13 nitrogen and oxygen atoms in total. The van der Waals surface area contributed by atoms with Crippen LogP contribution in [0.15, 0.2) is 0 Å². The van der Waals surface area contributed by atoms with Gasteiger partial charge in [0, 0.05) is 10.8 Å². The van der Waals surface area contributed by atoms with Crippen LogP contribution in [0.2, 0.25) is 0 Å². The largest absolute Gasteiger partial charge is 0.481 e. The lowest BCUT2D eigenvalue weighted by atomic mass is 9.83. The fourth-order valence-electron chi connectivity index (χ4n) is 11.2. The van der Waals surface area contributed by atoms with Gasteiger partial charge in [-0.2, -0.15) is 0 Å². The van der Waals surface area contributed by atoms with Crippen molar-refractivity contribution in [3.8, 4) is 0 Å². The van der Waals surface area contributed by atoms with E-state index in [-0.39, 0.29) is 76.3 Å². The Morgan fingerprint density at radius 2 is 0.663 bits per heavy atom. The van der Waals surface area contributed by atoms with Gasteiger partial charge in [0.1, 0.15) is 22.8 Å². The number of rotatable bonds is 41. The fraction of sp³-hybridized carbons (Fsp3) is 0.914. The van der Waals surface area contributed by atoms with Crippen LogP contribution in [-0.2, 0) is 38.2 Å². The van der Waals surface area contributed by atoms with Gasteiger partial charge in [-0.3, -0.25) is 28.8 Å². The Hall–Kier alpha value is -2.90. The predicted molar refractivity (Wildman–Crippen MR) is 335 cm³/mol. The van der Waals surface area contributed by atoms with E-state index in [0.29, 0.717) is 5.78 Å². The lowest BCUT2D eigenvalue weighted by molar-refractivity contribution is -0.163. The number of carboxylic acids is 2. The first-order chi connectivity index (χ1) is 38.3. The van der Waals surface area contributed by atoms with Gasteiger partial charge in [0.05, 0.1) is 40.0 Å². The molecule has 0 aromatic rings. The highest BCUT2D eigenvalue weighted by molar-refractivity contribution is 5.85. The predicted octanol–water partition coefficient (Wildman–Crippen LogP) is 17.4. The van der Waals surface area contributed by atoms with E-state index in [1.165, 1.54) is 0 Å². The van der Waals surface area contributed by atoms with Crippen molar-refractivity contribution in [2.75, 3.05) is 0 Å². The molecule has 0 saturated heterocycles. The monoisotopic (exact) mass is 1180 g/mol. The van der Waals surface area contributed by atoms with Crippen LogP contribution < -0.4 is 0 Å². The molecular formula is C70H128O13. The molecule has 13 heteroatoms. The number of unbranched alkanes of at least 4 members (excludes halogenated alkanes) is 11. The first-order valence-corrected chi connectivity index (χ1v) is 33.3. The van der Waals surface area contributed by atoms with Crippen molar-refractivity contribution in [1.82, 2.24) is 0 Å². The summed E-state index contributed by atoms with van der Waals surface area (Å²) >= 11 is 0. The highest BCUT2D eigenvalue weighted by Crippen LogP contribution is 2.54. The lowest BCUT2D eigenvalue weighted by Gasteiger charge is -2.23. The van der Waals surface area contributed by atoms with Crippen LogP contribution in [0, 0.1) is 32.5 Å². The maximum absolute atomic E-state index is 12.1. The van der Waals surface area contributed by atoms with Crippen molar-refractivity contribution in [1.29, 1.82) is 0 Å². The number of carboxylic acid groups (broad SMARTS) is 2. The van der Waals surface area contributed by atoms with E-state index in [1.807, 2.05) is 55.4 Å². The number of aliphatic hydroxyl groups is 3. The Morgan fingerprint density at radius 3 is 0.916 bits per heavy atom. The summed E-state index contributed by atoms with van der Waals surface area (Å²) in [6, 6.07) is 0. The average Bonchev–Trinajstić information content (AvgIpc) is 4.39. The first-order valence-electron chi connectivity index (χ1n) is 33.3. The van der Waals surface area contributed by atoms with Gasteiger partial charge in [-0.1, -0.05) is 151 Å². The fourth-order valence-corrected chi connectivity index (χ4v) is 11.2. The quantitative estimate of drug-likeness (QED) is 0.0284. The molecular weight excluding hydrogens is 1050 g/mol. The van der Waals surface area contributed by atoms with Gasteiger partial charge in [-0.25, -0.2) is 0 Å². The van der Waals surface area contributed by atoms with Gasteiger partial charge in [-0.05, 0) is 197 Å². The van der Waals surface area contributed by atoms with Crippen molar-refractivity contribution < 1.29 is 63.8 Å². The Balaban J connectivity index is 0.000000561. The van der Waals surface area contributed by atoms with Crippen LogP contribution in [0.4, 0.5) is 0 Å². The molecule has 0 bridgehead atoms. The minimum absolute atomic E-state index is 0. The summed E-state index contributed by atoms with van der Waals surface area (Å²) in [5, 5.41) is 47.9. The molecule has 3 atom stereocenters. The number of aliphatic hydroxyl groups excluding tert-OH is 3. The van der Waals surface area contributed by atoms with E-state index in [2.05, 4.69) is 13.8 Å². The second-order valence-electron chi connectivity index (χ2n) is 29.4. The highest BCUT2D eigenvalue weighted by Gasteiger charge is 2.53. The van der Waals surface area contributed by atoms with Crippen LogP contribution in [0.25, 0.3) is 0 Å². The summed E-state index contributed by atoms with van der Waals surface area (Å²) in [6.45, 7) is 23.2. The topological polar surface area (TPSA) is 222 Å². The van der Waals surface area contributed by atoms with E-state index >= 15 is 0 Å². The molecule has 5 saturated carbocycles. The number of hydrogen-bond acceptors (Lipinski definition) is 11. The van der Waals surface area contributed by atoms with Crippen LogP contribution in [0.3, 0.4) is 0 Å². The third kappa shape index (κ3) is 32.1. The second-order valence-corrected chi connectivity index (χ2v) is 29.4. The minimum Gasteiger partial charge on any atom is -0.481 e. The molecule has 0 aromatic carbocycles. The van der Waals surface area contributed by atoms with Gasteiger partial charge < -0.3 is 35.0 Å². The molecule has 0 aliphatic heterocycles. The van der Waals surface area contributed by atoms with Gasteiger partial charge in [0.25, 0.3) is 0 Å². The van der Waals surface area contributed by atoms with Gasteiger partial charge >= 0.3 is 23.9 Å². The lowest BCUT2D eigenvalue weighted by Crippen LogP contribution is -2.29. The molecule has 0 aromatic heterocycles. The molecule has 5 aliphatic carbocycles. The minimum atomic E-state index is -0.629. The maximum atomic E-state index is 12.1. The summed E-state index contributed by atoms with van der Waals surface area (Å²) in [5.74, 6) is -0.623. The second kappa shape index (κ2) is 37.1. The third-order valence-corrected chi connectivity index (χ3v) is 18.8. The normalized spacial score (nSPS) is 18.9. The van der Waals surface area contributed by atoms with Crippen LogP contribution >= 0.6 is 0 Å². The molecule has 0 amide bonds. The molecule has 83 heavy (non-hydrogen) atoms. The summed E-state index contributed by atoms with van der Waals surface area (Å²) in [6.07, 6.45) is 38.5. The zero-order valence-corrected chi connectivity index (χ0v) is 54.5. The van der Waals surface area contributed by atoms with Gasteiger partial charge in [-0.15, -0.1) is 0 Å². The Morgan fingerprint density at radius 1 is 0.386 bits per heavy atom. The molecule has 3 unspecified atom stereocenters. The number of ketones is 2.